The highest BCUT2D eigenvalue weighted by Gasteiger charge is 2.41. The lowest BCUT2D eigenvalue weighted by Crippen LogP contribution is -2.30. The van der Waals surface area contributed by atoms with Crippen LogP contribution in [-0.2, 0) is 0 Å². The van der Waals surface area contributed by atoms with E-state index in [1.54, 1.807) is 0 Å². The van der Waals surface area contributed by atoms with E-state index in [0.717, 1.165) is 24.3 Å². The van der Waals surface area contributed by atoms with Crippen LogP contribution in [-0.4, -0.2) is 24.0 Å². The standard InChI is InChI=1S/C12H20N2S/c1-6-13-12(15-7-1)14-8-11(9-2-3-9)10-4-5-10/h9-11H,1-8H2,(H,13,14). The maximum Gasteiger partial charge on any atom is 0.156 e. The fourth-order valence-corrected chi connectivity index (χ4v) is 3.37. The highest BCUT2D eigenvalue weighted by molar-refractivity contribution is 8.13. The van der Waals surface area contributed by atoms with Crippen LogP contribution in [0.4, 0.5) is 0 Å². The topological polar surface area (TPSA) is 24.4 Å². The van der Waals surface area contributed by atoms with E-state index in [9.17, 15) is 0 Å². The lowest BCUT2D eigenvalue weighted by atomic mass is 9.98. The Kier molecular flexibility index (Phi) is 2.91. The molecule has 3 heteroatoms. The number of nitrogens with one attached hydrogen (secondary N) is 1. The average molecular weight is 224 g/mol. The smallest absolute Gasteiger partial charge is 0.156 e. The first kappa shape index (κ1) is 10.0. The molecule has 0 spiro atoms. The minimum Gasteiger partial charge on any atom is -0.365 e. The van der Waals surface area contributed by atoms with E-state index in [-0.39, 0.29) is 0 Å². The number of hydrogen-bond donors (Lipinski definition) is 1. The molecule has 3 rings (SSSR count). The lowest BCUT2D eigenvalue weighted by molar-refractivity contribution is 0.403. The molecule has 84 valence electrons. The highest BCUT2D eigenvalue weighted by atomic mass is 32.2. The second-order valence-electron chi connectivity index (χ2n) is 5.11. The van der Waals surface area contributed by atoms with Crippen molar-refractivity contribution in [2.24, 2.45) is 22.7 Å². The molecule has 0 atom stereocenters. The Morgan fingerprint density at radius 2 is 2.00 bits per heavy atom. The molecule has 1 N–H and O–H groups in total. The third kappa shape index (κ3) is 2.68. The predicted octanol–water partition coefficient (Wildman–Crippen LogP) is 2.51. The molecule has 0 radical (unpaired) electrons. The van der Waals surface area contributed by atoms with Gasteiger partial charge in [0.1, 0.15) is 0 Å². The zero-order chi connectivity index (χ0) is 10.1. The lowest BCUT2D eigenvalue weighted by Gasteiger charge is -2.19. The van der Waals surface area contributed by atoms with Crippen LogP contribution >= 0.6 is 11.8 Å². The van der Waals surface area contributed by atoms with Gasteiger partial charge in [-0.15, -0.1) is 0 Å². The molecule has 0 unspecified atom stereocenters. The van der Waals surface area contributed by atoms with E-state index in [0.29, 0.717) is 0 Å². The second-order valence-corrected chi connectivity index (χ2v) is 6.19. The van der Waals surface area contributed by atoms with Crippen LogP contribution in [0.1, 0.15) is 32.1 Å². The number of nitrogens with zero attached hydrogens (tertiary/aromatic N) is 1. The number of amidine groups is 1. The monoisotopic (exact) mass is 224 g/mol. The first-order chi connectivity index (χ1) is 7.43. The number of rotatable bonds is 4. The van der Waals surface area contributed by atoms with E-state index in [4.69, 9.17) is 0 Å². The Hall–Kier alpha value is -0.180. The molecule has 1 aliphatic heterocycles. The molecule has 3 aliphatic rings. The Morgan fingerprint density at radius 1 is 1.27 bits per heavy atom. The number of thioether (sulfide) groups is 1. The van der Waals surface area contributed by atoms with Crippen molar-refractivity contribution in [3.63, 3.8) is 0 Å². The fourth-order valence-electron chi connectivity index (χ4n) is 2.54. The van der Waals surface area contributed by atoms with Gasteiger partial charge in [-0.05, 0) is 49.9 Å². The second kappa shape index (κ2) is 4.36. The molecule has 0 aromatic carbocycles. The van der Waals surface area contributed by atoms with Gasteiger partial charge in [-0.1, -0.05) is 11.8 Å². The largest absolute Gasteiger partial charge is 0.365 e. The van der Waals surface area contributed by atoms with Crippen molar-refractivity contribution in [2.75, 3.05) is 18.8 Å². The summed E-state index contributed by atoms with van der Waals surface area (Å²) in [6.07, 6.45) is 7.21. The van der Waals surface area contributed by atoms with Gasteiger partial charge >= 0.3 is 0 Å². The van der Waals surface area contributed by atoms with E-state index in [1.165, 1.54) is 49.6 Å². The Bertz CT molecular complexity index is 244. The molecule has 2 aliphatic carbocycles. The van der Waals surface area contributed by atoms with Crippen molar-refractivity contribution < 1.29 is 0 Å². The summed E-state index contributed by atoms with van der Waals surface area (Å²) in [5, 5.41) is 4.79. The van der Waals surface area contributed by atoms with Gasteiger partial charge < -0.3 is 5.32 Å². The van der Waals surface area contributed by atoms with Gasteiger partial charge in [0.25, 0.3) is 0 Å². The summed E-state index contributed by atoms with van der Waals surface area (Å²) in [6, 6.07) is 0. The van der Waals surface area contributed by atoms with Gasteiger partial charge in [0.15, 0.2) is 5.17 Å². The molecule has 15 heavy (non-hydrogen) atoms. The summed E-state index contributed by atoms with van der Waals surface area (Å²) >= 11 is 1.91. The average Bonchev–Trinajstić information content (AvgIpc) is 3.14. The third-order valence-corrected chi connectivity index (χ3v) is 4.78. The minimum absolute atomic E-state index is 0.968. The quantitative estimate of drug-likeness (QED) is 0.793. The Balaban J connectivity index is 1.48. The van der Waals surface area contributed by atoms with Gasteiger partial charge in [-0.3, -0.25) is 4.99 Å². The van der Waals surface area contributed by atoms with Gasteiger partial charge in [-0.2, -0.15) is 0 Å². The minimum atomic E-state index is 0.968. The molecule has 0 aromatic rings. The molecule has 0 amide bonds. The summed E-state index contributed by atoms with van der Waals surface area (Å²) in [5.41, 5.74) is 0. The van der Waals surface area contributed by atoms with E-state index >= 15 is 0 Å². The molecule has 0 aromatic heterocycles. The van der Waals surface area contributed by atoms with Crippen molar-refractivity contribution in [3.8, 4) is 0 Å². The molecular weight excluding hydrogens is 204 g/mol. The molecule has 2 fully saturated rings. The molecule has 2 saturated carbocycles. The van der Waals surface area contributed by atoms with Gasteiger partial charge in [0, 0.05) is 18.8 Å². The summed E-state index contributed by atoms with van der Waals surface area (Å²) < 4.78 is 0. The SMILES string of the molecule is C1CN=C(NCC(C2CC2)C2CC2)SC1. The van der Waals surface area contributed by atoms with E-state index in [2.05, 4.69) is 10.3 Å². The zero-order valence-electron chi connectivity index (χ0n) is 9.24. The molecular formula is C12H20N2S. The Morgan fingerprint density at radius 3 is 2.53 bits per heavy atom. The summed E-state index contributed by atoms with van der Waals surface area (Å²) in [6.45, 7) is 2.23. The molecule has 1 heterocycles. The highest BCUT2D eigenvalue weighted by Crippen LogP contribution is 2.48. The van der Waals surface area contributed by atoms with E-state index in [1.807, 2.05) is 11.8 Å². The van der Waals surface area contributed by atoms with E-state index < -0.39 is 0 Å². The van der Waals surface area contributed by atoms with Crippen LogP contribution in [0.25, 0.3) is 0 Å². The van der Waals surface area contributed by atoms with Crippen molar-refractivity contribution >= 4 is 16.9 Å². The van der Waals surface area contributed by atoms with Crippen LogP contribution < -0.4 is 5.32 Å². The van der Waals surface area contributed by atoms with Gasteiger partial charge in [0.2, 0.25) is 0 Å². The first-order valence-corrected chi connectivity index (χ1v) is 7.33. The molecule has 0 bridgehead atoms. The third-order valence-electron chi connectivity index (χ3n) is 3.74. The molecule has 2 nitrogen and oxygen atoms in total. The first-order valence-electron chi connectivity index (χ1n) is 6.34. The van der Waals surface area contributed by atoms with Crippen molar-refractivity contribution in [3.05, 3.63) is 0 Å². The normalized spacial score (nSPS) is 26.6. The van der Waals surface area contributed by atoms with Crippen molar-refractivity contribution in [1.29, 1.82) is 0 Å². The van der Waals surface area contributed by atoms with Crippen molar-refractivity contribution in [2.45, 2.75) is 32.1 Å². The van der Waals surface area contributed by atoms with Crippen LogP contribution in [0, 0.1) is 17.8 Å². The van der Waals surface area contributed by atoms with Crippen molar-refractivity contribution in [1.82, 2.24) is 5.32 Å². The number of aliphatic imine (C=N–C) groups is 1. The number of hydrogen-bond acceptors (Lipinski definition) is 3. The summed E-state index contributed by atoms with van der Waals surface area (Å²) in [7, 11) is 0. The van der Waals surface area contributed by atoms with Crippen LogP contribution in [0.3, 0.4) is 0 Å². The summed E-state index contributed by atoms with van der Waals surface area (Å²) in [5.74, 6) is 4.33. The Labute approximate surface area is 96.3 Å². The zero-order valence-corrected chi connectivity index (χ0v) is 10.1. The van der Waals surface area contributed by atoms with Crippen LogP contribution in [0.2, 0.25) is 0 Å². The van der Waals surface area contributed by atoms with Crippen LogP contribution in [0.5, 0.6) is 0 Å². The van der Waals surface area contributed by atoms with Gasteiger partial charge in [0.05, 0.1) is 0 Å². The maximum atomic E-state index is 4.53. The maximum absolute atomic E-state index is 4.53. The molecule has 0 saturated heterocycles. The fraction of sp³-hybridized carbons (Fsp3) is 0.917. The van der Waals surface area contributed by atoms with Crippen LogP contribution in [0.15, 0.2) is 4.99 Å². The predicted molar refractivity (Wildman–Crippen MR) is 66.3 cm³/mol. The summed E-state index contributed by atoms with van der Waals surface area (Å²) in [4.78, 5) is 4.53. The van der Waals surface area contributed by atoms with Gasteiger partial charge in [-0.25, -0.2) is 0 Å².